The van der Waals surface area contributed by atoms with Gasteiger partial charge in [-0.05, 0) is 73.2 Å². The molecule has 0 saturated carbocycles. The highest BCUT2D eigenvalue weighted by atomic mass is 32.2. The zero-order chi connectivity index (χ0) is 24.1. The zero-order valence-corrected chi connectivity index (χ0v) is 21.5. The Balaban J connectivity index is 1.58. The molecule has 2 N–H and O–H groups in total. The van der Waals surface area contributed by atoms with Gasteiger partial charge in [0.05, 0.1) is 0 Å². The number of piperazine rings is 1. The van der Waals surface area contributed by atoms with Gasteiger partial charge >= 0.3 is 0 Å². The fourth-order valence-electron chi connectivity index (χ4n) is 4.98. The third-order valence-electron chi connectivity index (χ3n) is 6.68. The Morgan fingerprint density at radius 2 is 1.79 bits per heavy atom. The van der Waals surface area contributed by atoms with Crippen molar-refractivity contribution < 1.29 is 4.39 Å². The van der Waals surface area contributed by atoms with Crippen molar-refractivity contribution in [1.29, 1.82) is 5.41 Å². The second-order valence-corrected chi connectivity index (χ2v) is 11.1. The number of nitrogens with one attached hydrogen (secondary N) is 2. The van der Waals surface area contributed by atoms with Gasteiger partial charge in [0, 0.05) is 80.6 Å². The maximum absolute atomic E-state index is 13.3. The van der Waals surface area contributed by atoms with Gasteiger partial charge < -0.3 is 10.7 Å². The normalized spacial score (nSPS) is 20.6. The molecule has 4 rings (SSSR count). The standard InChI is InChI=1S/C27H38FN5S/c1-20(2)18-31-13-14-33(34-32-11-5-4-6-12-32)19-27(31)25-16-22(17-29)26(15-21(25)3)30-24-9-7-23(28)8-10-24/h7-10,15-17,20,27,29-30H,4-6,11-14,18-19H2,1-3H3. The molecule has 2 aliphatic rings. The Hall–Kier alpha value is -1.93. The van der Waals surface area contributed by atoms with Crippen LogP contribution in [0.25, 0.3) is 0 Å². The first kappa shape index (κ1) is 25.2. The first-order chi connectivity index (χ1) is 16.4. The molecule has 0 radical (unpaired) electrons. The molecule has 2 heterocycles. The van der Waals surface area contributed by atoms with Crippen LogP contribution < -0.4 is 5.32 Å². The number of nitrogens with zero attached hydrogens (tertiary/aromatic N) is 3. The smallest absolute Gasteiger partial charge is 0.123 e. The summed E-state index contributed by atoms with van der Waals surface area (Å²) in [4.78, 5) is 2.63. The number of benzene rings is 2. The third kappa shape index (κ3) is 6.39. The Bertz CT molecular complexity index is 958. The molecule has 0 aliphatic carbocycles. The van der Waals surface area contributed by atoms with Crippen LogP contribution in [0.5, 0.6) is 0 Å². The topological polar surface area (TPSA) is 45.6 Å². The molecule has 1 atom stereocenters. The lowest BCUT2D eigenvalue weighted by Gasteiger charge is -2.44. The van der Waals surface area contributed by atoms with E-state index in [-0.39, 0.29) is 5.82 Å². The highest BCUT2D eigenvalue weighted by molar-refractivity contribution is 7.94. The van der Waals surface area contributed by atoms with Crippen molar-refractivity contribution in [3.05, 3.63) is 58.9 Å². The molecule has 5 nitrogen and oxygen atoms in total. The Morgan fingerprint density at radius 3 is 2.47 bits per heavy atom. The van der Waals surface area contributed by atoms with Gasteiger partial charge in [-0.15, -0.1) is 0 Å². The van der Waals surface area contributed by atoms with E-state index in [4.69, 9.17) is 5.41 Å². The number of hydrogen-bond donors (Lipinski definition) is 2. The highest BCUT2D eigenvalue weighted by Crippen LogP contribution is 2.35. The van der Waals surface area contributed by atoms with E-state index in [1.807, 2.05) is 12.1 Å². The van der Waals surface area contributed by atoms with Gasteiger partial charge in [-0.3, -0.25) is 4.90 Å². The fourth-order valence-corrected chi connectivity index (χ4v) is 6.10. The Kier molecular flexibility index (Phi) is 8.64. The Morgan fingerprint density at radius 1 is 1.06 bits per heavy atom. The number of aryl methyl sites for hydroxylation is 1. The lowest BCUT2D eigenvalue weighted by atomic mass is 9.94. The summed E-state index contributed by atoms with van der Waals surface area (Å²) in [6.45, 7) is 13.3. The predicted molar refractivity (Wildman–Crippen MR) is 142 cm³/mol. The third-order valence-corrected chi connectivity index (χ3v) is 7.83. The van der Waals surface area contributed by atoms with E-state index in [2.05, 4.69) is 51.7 Å². The molecule has 2 aliphatic heterocycles. The lowest BCUT2D eigenvalue weighted by molar-refractivity contribution is 0.107. The van der Waals surface area contributed by atoms with Crippen molar-refractivity contribution in [2.45, 2.75) is 46.1 Å². The number of rotatable bonds is 8. The largest absolute Gasteiger partial charge is 0.355 e. The van der Waals surface area contributed by atoms with Crippen LogP contribution in [-0.4, -0.2) is 59.0 Å². The fraction of sp³-hybridized carbons (Fsp3) is 0.519. The SMILES string of the molecule is Cc1cc(Nc2ccc(F)cc2)c(C=N)cc1C1CN(SN2CCCCC2)CCN1CC(C)C. The molecule has 2 saturated heterocycles. The summed E-state index contributed by atoms with van der Waals surface area (Å²) in [6.07, 6.45) is 5.37. The van der Waals surface area contributed by atoms with Crippen molar-refractivity contribution in [3.63, 3.8) is 0 Å². The van der Waals surface area contributed by atoms with E-state index in [1.165, 1.54) is 61.8 Å². The van der Waals surface area contributed by atoms with Crippen LogP contribution in [-0.2, 0) is 0 Å². The number of piperidine rings is 1. The van der Waals surface area contributed by atoms with Gasteiger partial charge in [-0.1, -0.05) is 20.3 Å². The highest BCUT2D eigenvalue weighted by Gasteiger charge is 2.31. The second kappa shape index (κ2) is 11.7. The number of hydrogen-bond acceptors (Lipinski definition) is 6. The molecule has 184 valence electrons. The van der Waals surface area contributed by atoms with E-state index < -0.39 is 0 Å². The summed E-state index contributed by atoms with van der Waals surface area (Å²) < 4.78 is 18.4. The minimum Gasteiger partial charge on any atom is -0.355 e. The molecule has 0 bridgehead atoms. The molecule has 34 heavy (non-hydrogen) atoms. The molecule has 2 aromatic carbocycles. The molecule has 0 spiro atoms. The molecular weight excluding hydrogens is 445 g/mol. The summed E-state index contributed by atoms with van der Waals surface area (Å²) in [5.41, 5.74) is 5.08. The van der Waals surface area contributed by atoms with Crippen LogP contribution in [0, 0.1) is 24.1 Å². The lowest BCUT2D eigenvalue weighted by Crippen LogP contribution is -2.48. The van der Waals surface area contributed by atoms with Crippen LogP contribution in [0.4, 0.5) is 15.8 Å². The number of anilines is 2. The average molecular weight is 484 g/mol. The van der Waals surface area contributed by atoms with Crippen molar-refractivity contribution in [2.24, 2.45) is 5.92 Å². The summed E-state index contributed by atoms with van der Waals surface area (Å²) in [6, 6.07) is 11.0. The monoisotopic (exact) mass is 483 g/mol. The van der Waals surface area contributed by atoms with E-state index in [1.54, 1.807) is 12.1 Å². The van der Waals surface area contributed by atoms with Crippen molar-refractivity contribution in [3.8, 4) is 0 Å². The molecule has 7 heteroatoms. The molecule has 2 aromatic rings. The van der Waals surface area contributed by atoms with E-state index in [0.717, 1.165) is 43.1 Å². The summed E-state index contributed by atoms with van der Waals surface area (Å²) in [5.74, 6) is 0.351. The van der Waals surface area contributed by atoms with Crippen LogP contribution in [0.1, 0.15) is 55.8 Å². The van der Waals surface area contributed by atoms with Gasteiger partial charge in [-0.25, -0.2) is 13.0 Å². The summed E-state index contributed by atoms with van der Waals surface area (Å²) in [7, 11) is 0. The van der Waals surface area contributed by atoms with Crippen LogP contribution >= 0.6 is 12.1 Å². The van der Waals surface area contributed by atoms with Crippen molar-refractivity contribution in [2.75, 3.05) is 44.6 Å². The minimum atomic E-state index is -0.251. The minimum absolute atomic E-state index is 0.251. The molecule has 1 unspecified atom stereocenters. The first-order valence-electron chi connectivity index (χ1n) is 12.5. The van der Waals surface area contributed by atoms with Crippen molar-refractivity contribution >= 4 is 29.7 Å². The zero-order valence-electron chi connectivity index (χ0n) is 20.7. The van der Waals surface area contributed by atoms with Crippen molar-refractivity contribution in [1.82, 2.24) is 13.5 Å². The van der Waals surface area contributed by atoms with Gasteiger partial charge in [0.15, 0.2) is 0 Å². The molecular formula is C27H38FN5S. The van der Waals surface area contributed by atoms with E-state index in [9.17, 15) is 4.39 Å². The van der Waals surface area contributed by atoms with Crippen LogP contribution in [0.3, 0.4) is 0 Å². The van der Waals surface area contributed by atoms with Gasteiger partial charge in [-0.2, -0.15) is 0 Å². The number of halogens is 1. The molecule has 0 aromatic heterocycles. The van der Waals surface area contributed by atoms with Gasteiger partial charge in [0.2, 0.25) is 0 Å². The Labute approximate surface area is 208 Å². The van der Waals surface area contributed by atoms with Crippen LogP contribution in [0.15, 0.2) is 36.4 Å². The predicted octanol–water partition coefficient (Wildman–Crippen LogP) is 6.24. The molecule has 2 fully saturated rings. The summed E-state index contributed by atoms with van der Waals surface area (Å²) >= 11 is 1.93. The molecule has 0 amide bonds. The van der Waals surface area contributed by atoms with Gasteiger partial charge in [0.1, 0.15) is 5.82 Å². The van der Waals surface area contributed by atoms with Crippen LogP contribution in [0.2, 0.25) is 0 Å². The first-order valence-corrected chi connectivity index (χ1v) is 13.3. The summed E-state index contributed by atoms with van der Waals surface area (Å²) in [5, 5.41) is 11.5. The van der Waals surface area contributed by atoms with Gasteiger partial charge in [0.25, 0.3) is 0 Å². The maximum atomic E-state index is 13.3. The average Bonchev–Trinajstić information content (AvgIpc) is 2.82. The second-order valence-electron chi connectivity index (χ2n) is 9.94. The maximum Gasteiger partial charge on any atom is 0.123 e. The van der Waals surface area contributed by atoms with E-state index >= 15 is 0 Å². The van der Waals surface area contributed by atoms with E-state index in [0.29, 0.717) is 12.0 Å². The quantitative estimate of drug-likeness (QED) is 0.344.